The molecule has 2 aromatic rings. The molecule has 0 saturated carbocycles. The zero-order chi connectivity index (χ0) is 17.5. The molecule has 2 aromatic carbocycles. The number of anilines is 1. The normalized spacial score (nSPS) is 9.88. The van der Waals surface area contributed by atoms with Crippen molar-refractivity contribution in [2.75, 3.05) is 11.9 Å². The highest BCUT2D eigenvalue weighted by atomic mass is 16.6. The number of benzene rings is 2. The molecule has 0 radical (unpaired) electrons. The number of ether oxygens (including phenoxy) is 1. The maximum atomic E-state index is 11.7. The number of hydrogen-bond acceptors (Lipinski definition) is 5. The monoisotopic (exact) mass is 329 g/mol. The molecule has 0 aliphatic rings. The van der Waals surface area contributed by atoms with Gasteiger partial charge in [0.2, 0.25) is 0 Å². The van der Waals surface area contributed by atoms with Crippen LogP contribution in [0.3, 0.4) is 0 Å². The minimum Gasteiger partial charge on any atom is -0.483 e. The minimum atomic E-state index is -0.689. The quantitative estimate of drug-likeness (QED) is 0.647. The summed E-state index contributed by atoms with van der Waals surface area (Å²) in [6.07, 6.45) is 0. The maximum Gasteiger partial charge on any atom is 0.325 e. The summed E-state index contributed by atoms with van der Waals surface area (Å²) in [5.41, 5.74) is 0.747. The van der Waals surface area contributed by atoms with Gasteiger partial charge in [0.15, 0.2) is 6.61 Å². The van der Waals surface area contributed by atoms with E-state index in [1.807, 2.05) is 0 Å². The van der Waals surface area contributed by atoms with Gasteiger partial charge in [0.25, 0.3) is 11.6 Å². The van der Waals surface area contributed by atoms with E-state index in [2.05, 4.69) is 10.6 Å². The SMILES string of the molecule is Cc1c(OCC(=O)NC(=O)Nc2ccccc2)cccc1[N+](=O)[O-]. The van der Waals surface area contributed by atoms with Crippen molar-refractivity contribution in [1.29, 1.82) is 0 Å². The van der Waals surface area contributed by atoms with Crippen LogP contribution in [0.25, 0.3) is 0 Å². The Morgan fingerprint density at radius 3 is 2.50 bits per heavy atom. The number of carbonyl (C=O) groups is 2. The molecule has 24 heavy (non-hydrogen) atoms. The first kappa shape index (κ1) is 16.9. The fraction of sp³-hybridized carbons (Fsp3) is 0.125. The molecule has 0 unspecified atom stereocenters. The molecule has 0 bridgehead atoms. The lowest BCUT2D eigenvalue weighted by Gasteiger charge is -2.10. The number of nitro groups is 1. The average Bonchev–Trinajstić information content (AvgIpc) is 2.54. The Balaban J connectivity index is 1.88. The van der Waals surface area contributed by atoms with Gasteiger partial charge in [-0.25, -0.2) is 4.79 Å². The smallest absolute Gasteiger partial charge is 0.325 e. The maximum absolute atomic E-state index is 11.7. The van der Waals surface area contributed by atoms with E-state index in [0.717, 1.165) is 0 Å². The molecular weight excluding hydrogens is 314 g/mol. The van der Waals surface area contributed by atoms with Gasteiger partial charge >= 0.3 is 6.03 Å². The van der Waals surface area contributed by atoms with Crippen molar-refractivity contribution in [3.63, 3.8) is 0 Å². The summed E-state index contributed by atoms with van der Waals surface area (Å²) in [4.78, 5) is 33.7. The third-order valence-corrected chi connectivity index (χ3v) is 3.10. The first-order valence-corrected chi connectivity index (χ1v) is 7.00. The first-order valence-electron chi connectivity index (χ1n) is 7.00. The van der Waals surface area contributed by atoms with Crippen LogP contribution in [-0.4, -0.2) is 23.5 Å². The second-order valence-electron chi connectivity index (χ2n) is 4.81. The summed E-state index contributed by atoms with van der Waals surface area (Å²) in [5.74, 6) is -0.461. The Morgan fingerprint density at radius 1 is 1.12 bits per heavy atom. The predicted molar refractivity (Wildman–Crippen MR) is 86.9 cm³/mol. The van der Waals surface area contributed by atoms with Gasteiger partial charge in [0.05, 0.1) is 10.5 Å². The van der Waals surface area contributed by atoms with E-state index in [1.54, 1.807) is 30.3 Å². The van der Waals surface area contributed by atoms with Crippen molar-refractivity contribution in [3.05, 3.63) is 64.2 Å². The molecule has 0 saturated heterocycles. The van der Waals surface area contributed by atoms with E-state index in [9.17, 15) is 19.7 Å². The molecule has 0 spiro atoms. The van der Waals surface area contributed by atoms with Crippen molar-refractivity contribution in [2.45, 2.75) is 6.92 Å². The van der Waals surface area contributed by atoms with Crippen LogP contribution in [0.5, 0.6) is 5.75 Å². The lowest BCUT2D eigenvalue weighted by atomic mass is 10.2. The molecule has 0 aliphatic carbocycles. The summed E-state index contributed by atoms with van der Waals surface area (Å²) >= 11 is 0. The number of nitrogens with zero attached hydrogens (tertiary/aromatic N) is 1. The largest absolute Gasteiger partial charge is 0.483 e. The minimum absolute atomic E-state index is 0.102. The third-order valence-electron chi connectivity index (χ3n) is 3.10. The number of hydrogen-bond donors (Lipinski definition) is 2. The number of nitrogens with one attached hydrogen (secondary N) is 2. The Morgan fingerprint density at radius 2 is 1.83 bits per heavy atom. The zero-order valence-electron chi connectivity index (χ0n) is 12.8. The topological polar surface area (TPSA) is 111 Å². The zero-order valence-corrected chi connectivity index (χ0v) is 12.8. The molecule has 0 aliphatic heterocycles. The summed E-state index contributed by atoms with van der Waals surface area (Å²) < 4.78 is 5.24. The van der Waals surface area contributed by atoms with E-state index < -0.39 is 23.5 Å². The second kappa shape index (κ2) is 7.73. The third kappa shape index (κ3) is 4.54. The number of urea groups is 1. The van der Waals surface area contributed by atoms with Crippen molar-refractivity contribution in [3.8, 4) is 5.75 Å². The van der Waals surface area contributed by atoms with Gasteiger partial charge in [-0.15, -0.1) is 0 Å². The fourth-order valence-corrected chi connectivity index (χ4v) is 1.95. The van der Waals surface area contributed by atoms with Gasteiger partial charge in [-0.05, 0) is 25.1 Å². The van der Waals surface area contributed by atoms with Crippen LogP contribution in [0.2, 0.25) is 0 Å². The molecule has 2 rings (SSSR count). The molecule has 0 fully saturated rings. The van der Waals surface area contributed by atoms with Crippen molar-refractivity contribution in [2.24, 2.45) is 0 Å². The molecular formula is C16H15N3O5. The number of rotatable bonds is 5. The van der Waals surface area contributed by atoms with Crippen LogP contribution in [0.4, 0.5) is 16.2 Å². The van der Waals surface area contributed by atoms with Crippen LogP contribution in [0.1, 0.15) is 5.56 Å². The van der Waals surface area contributed by atoms with Crippen LogP contribution >= 0.6 is 0 Å². The van der Waals surface area contributed by atoms with E-state index >= 15 is 0 Å². The summed E-state index contributed by atoms with van der Waals surface area (Å²) in [6, 6.07) is 12.3. The molecule has 0 aromatic heterocycles. The Labute approximate surface area is 137 Å². The van der Waals surface area contributed by atoms with Crippen molar-refractivity contribution >= 4 is 23.3 Å². The molecule has 8 nitrogen and oxygen atoms in total. The lowest BCUT2D eigenvalue weighted by molar-refractivity contribution is -0.385. The van der Waals surface area contributed by atoms with E-state index in [1.165, 1.54) is 25.1 Å². The highest BCUT2D eigenvalue weighted by Crippen LogP contribution is 2.26. The van der Waals surface area contributed by atoms with E-state index in [4.69, 9.17) is 4.74 Å². The number of imide groups is 1. The number of para-hydroxylation sites is 1. The highest BCUT2D eigenvalue weighted by molar-refractivity contribution is 6.01. The molecule has 124 valence electrons. The summed E-state index contributed by atoms with van der Waals surface area (Å²) in [5, 5.41) is 15.4. The second-order valence-corrected chi connectivity index (χ2v) is 4.81. The Bertz CT molecular complexity index is 762. The van der Waals surface area contributed by atoms with Crippen molar-refractivity contribution in [1.82, 2.24) is 5.32 Å². The van der Waals surface area contributed by atoms with E-state index in [0.29, 0.717) is 11.3 Å². The Hall–Kier alpha value is -3.42. The van der Waals surface area contributed by atoms with Crippen molar-refractivity contribution < 1.29 is 19.2 Å². The standard InChI is InChI=1S/C16H15N3O5/c1-11-13(19(22)23)8-5-9-14(11)24-10-15(20)18-16(21)17-12-6-3-2-4-7-12/h2-9H,10H2,1H3,(H2,17,18,20,21). The first-order chi connectivity index (χ1) is 11.5. The predicted octanol–water partition coefficient (Wildman–Crippen LogP) is 2.63. The molecule has 3 amide bonds. The van der Waals surface area contributed by atoms with Crippen LogP contribution in [-0.2, 0) is 4.79 Å². The van der Waals surface area contributed by atoms with Crippen LogP contribution < -0.4 is 15.4 Å². The van der Waals surface area contributed by atoms with Crippen LogP contribution in [0, 0.1) is 17.0 Å². The highest BCUT2D eigenvalue weighted by Gasteiger charge is 2.15. The number of carbonyl (C=O) groups excluding carboxylic acids is 2. The van der Waals surface area contributed by atoms with E-state index in [-0.39, 0.29) is 11.4 Å². The summed E-state index contributed by atoms with van der Waals surface area (Å²) in [7, 11) is 0. The number of amides is 3. The summed E-state index contributed by atoms with van der Waals surface area (Å²) in [6.45, 7) is 1.08. The van der Waals surface area contributed by atoms with Gasteiger partial charge in [-0.2, -0.15) is 0 Å². The van der Waals surface area contributed by atoms with Gasteiger partial charge in [-0.1, -0.05) is 24.3 Å². The number of nitro benzene ring substituents is 1. The molecule has 0 heterocycles. The lowest BCUT2D eigenvalue weighted by Crippen LogP contribution is -2.37. The van der Waals surface area contributed by atoms with Gasteiger partial charge < -0.3 is 10.1 Å². The van der Waals surface area contributed by atoms with Gasteiger partial charge in [-0.3, -0.25) is 20.2 Å². The molecule has 2 N–H and O–H groups in total. The van der Waals surface area contributed by atoms with Gasteiger partial charge in [0.1, 0.15) is 5.75 Å². The average molecular weight is 329 g/mol. The molecule has 8 heteroatoms. The molecule has 0 atom stereocenters. The fourth-order valence-electron chi connectivity index (χ4n) is 1.95. The van der Waals surface area contributed by atoms with Gasteiger partial charge in [0, 0.05) is 11.8 Å². The van der Waals surface area contributed by atoms with Crippen LogP contribution in [0.15, 0.2) is 48.5 Å². The Kier molecular flexibility index (Phi) is 5.45.